The molecule has 2 aromatic rings. The first-order chi connectivity index (χ1) is 9.16. The van der Waals surface area contributed by atoms with Crippen LogP contribution in [0.3, 0.4) is 0 Å². The van der Waals surface area contributed by atoms with Gasteiger partial charge in [-0.25, -0.2) is 4.98 Å². The molecule has 19 heavy (non-hydrogen) atoms. The van der Waals surface area contributed by atoms with Crippen molar-refractivity contribution in [2.45, 2.75) is 13.1 Å². The van der Waals surface area contributed by atoms with Gasteiger partial charge in [-0.3, -0.25) is 4.79 Å². The van der Waals surface area contributed by atoms with Gasteiger partial charge in [0.2, 0.25) is 0 Å². The fourth-order valence-corrected chi connectivity index (χ4v) is 2.22. The second kappa shape index (κ2) is 4.31. The van der Waals surface area contributed by atoms with E-state index in [2.05, 4.69) is 4.98 Å². The van der Waals surface area contributed by atoms with Crippen LogP contribution in [0.2, 0.25) is 0 Å². The number of para-hydroxylation sites is 1. The van der Waals surface area contributed by atoms with Crippen LogP contribution in [0.1, 0.15) is 16.2 Å². The first-order valence-corrected chi connectivity index (χ1v) is 5.97. The molecule has 0 saturated heterocycles. The van der Waals surface area contributed by atoms with Crippen molar-refractivity contribution in [2.75, 3.05) is 6.54 Å². The number of fused-ring (bicyclic) bond motifs is 1. The molecule has 0 bridgehead atoms. The Morgan fingerprint density at radius 1 is 1.26 bits per heavy atom. The standard InChI is InChI=1S/C13H13N3O3/c17-10-3-1-2-9(12(10)18)13(19)16-7-6-15-5-4-14-11(15)8-16/h1-5,17-18H,6-8H2. The van der Waals surface area contributed by atoms with E-state index in [1.165, 1.54) is 18.2 Å². The maximum absolute atomic E-state index is 12.3. The van der Waals surface area contributed by atoms with Crippen LogP contribution in [-0.4, -0.2) is 37.1 Å². The number of phenols is 2. The molecule has 1 aliphatic rings. The van der Waals surface area contributed by atoms with Crippen molar-refractivity contribution in [3.8, 4) is 11.5 Å². The third-order valence-corrected chi connectivity index (χ3v) is 3.28. The van der Waals surface area contributed by atoms with Crippen molar-refractivity contribution in [3.05, 3.63) is 42.0 Å². The van der Waals surface area contributed by atoms with Gasteiger partial charge in [0.05, 0.1) is 12.1 Å². The summed E-state index contributed by atoms with van der Waals surface area (Å²) in [5.74, 6) is -0.146. The summed E-state index contributed by atoms with van der Waals surface area (Å²) >= 11 is 0. The molecule has 2 N–H and O–H groups in total. The number of nitrogens with zero attached hydrogens (tertiary/aromatic N) is 3. The molecule has 1 aromatic heterocycles. The number of carbonyl (C=O) groups excluding carboxylic acids is 1. The van der Waals surface area contributed by atoms with Crippen molar-refractivity contribution in [3.63, 3.8) is 0 Å². The SMILES string of the molecule is O=C(c1cccc(O)c1O)N1CCn2ccnc2C1. The summed E-state index contributed by atoms with van der Waals surface area (Å²) in [5, 5.41) is 19.2. The van der Waals surface area contributed by atoms with Gasteiger partial charge < -0.3 is 19.7 Å². The Morgan fingerprint density at radius 3 is 2.95 bits per heavy atom. The number of hydrogen-bond acceptors (Lipinski definition) is 4. The van der Waals surface area contributed by atoms with E-state index in [0.29, 0.717) is 19.6 Å². The highest BCUT2D eigenvalue weighted by Crippen LogP contribution is 2.29. The number of imidazole rings is 1. The number of benzene rings is 1. The average molecular weight is 259 g/mol. The Hall–Kier alpha value is -2.50. The van der Waals surface area contributed by atoms with Gasteiger partial charge in [0, 0.05) is 25.5 Å². The van der Waals surface area contributed by atoms with Crippen LogP contribution < -0.4 is 0 Å². The highest BCUT2D eigenvalue weighted by Gasteiger charge is 2.24. The zero-order valence-corrected chi connectivity index (χ0v) is 10.2. The van der Waals surface area contributed by atoms with Crippen molar-refractivity contribution in [2.24, 2.45) is 0 Å². The molecule has 2 heterocycles. The quantitative estimate of drug-likeness (QED) is 0.747. The molecule has 6 nitrogen and oxygen atoms in total. The molecule has 1 aliphatic heterocycles. The van der Waals surface area contributed by atoms with Crippen molar-refractivity contribution in [1.82, 2.24) is 14.5 Å². The molecule has 1 amide bonds. The van der Waals surface area contributed by atoms with Crippen molar-refractivity contribution >= 4 is 5.91 Å². The first-order valence-electron chi connectivity index (χ1n) is 5.97. The van der Waals surface area contributed by atoms with Crippen LogP contribution in [0.4, 0.5) is 0 Å². The molecule has 0 unspecified atom stereocenters. The molecular formula is C13H13N3O3. The molecule has 0 aliphatic carbocycles. The second-order valence-corrected chi connectivity index (χ2v) is 4.44. The topological polar surface area (TPSA) is 78.6 Å². The number of aromatic nitrogens is 2. The minimum Gasteiger partial charge on any atom is -0.504 e. The Bertz CT molecular complexity index is 636. The van der Waals surface area contributed by atoms with Gasteiger partial charge in [-0.1, -0.05) is 6.07 Å². The van der Waals surface area contributed by atoms with E-state index in [4.69, 9.17) is 0 Å². The lowest BCUT2D eigenvalue weighted by Crippen LogP contribution is -2.38. The summed E-state index contributed by atoms with van der Waals surface area (Å²) in [7, 11) is 0. The summed E-state index contributed by atoms with van der Waals surface area (Å²) in [6.45, 7) is 1.64. The molecule has 98 valence electrons. The number of phenolic OH excluding ortho intramolecular Hbond substituents is 2. The number of rotatable bonds is 1. The van der Waals surface area contributed by atoms with Gasteiger partial charge in [-0.05, 0) is 12.1 Å². The van der Waals surface area contributed by atoms with Gasteiger partial charge >= 0.3 is 0 Å². The summed E-state index contributed by atoms with van der Waals surface area (Å²) in [4.78, 5) is 18.1. The molecule has 0 saturated carbocycles. The molecular weight excluding hydrogens is 246 g/mol. The van der Waals surface area contributed by atoms with Gasteiger partial charge in [-0.2, -0.15) is 0 Å². The summed E-state index contributed by atoms with van der Waals surface area (Å²) < 4.78 is 1.99. The number of amides is 1. The van der Waals surface area contributed by atoms with E-state index in [9.17, 15) is 15.0 Å². The normalized spacial score (nSPS) is 14.2. The Labute approximate surface area is 109 Å². The van der Waals surface area contributed by atoms with E-state index in [0.717, 1.165) is 5.82 Å². The van der Waals surface area contributed by atoms with E-state index in [-0.39, 0.29) is 23.0 Å². The maximum atomic E-state index is 12.3. The van der Waals surface area contributed by atoms with E-state index in [1.54, 1.807) is 11.1 Å². The Kier molecular flexibility index (Phi) is 2.63. The summed E-state index contributed by atoms with van der Waals surface area (Å²) in [6.07, 6.45) is 3.58. The highest BCUT2D eigenvalue weighted by atomic mass is 16.3. The Balaban J connectivity index is 1.88. The summed E-state index contributed by atoms with van der Waals surface area (Å²) in [6, 6.07) is 4.38. The van der Waals surface area contributed by atoms with Gasteiger partial charge in [-0.15, -0.1) is 0 Å². The van der Waals surface area contributed by atoms with Gasteiger partial charge in [0.25, 0.3) is 5.91 Å². The van der Waals surface area contributed by atoms with Crippen LogP contribution in [0.25, 0.3) is 0 Å². The van der Waals surface area contributed by atoms with Crippen molar-refractivity contribution < 1.29 is 15.0 Å². The zero-order valence-electron chi connectivity index (χ0n) is 10.2. The minimum absolute atomic E-state index is 0.111. The predicted octanol–water partition coefficient (Wildman–Crippen LogP) is 0.950. The van der Waals surface area contributed by atoms with E-state index >= 15 is 0 Å². The number of aromatic hydroxyl groups is 2. The third kappa shape index (κ3) is 1.91. The third-order valence-electron chi connectivity index (χ3n) is 3.28. The van der Waals surface area contributed by atoms with Crippen LogP contribution in [-0.2, 0) is 13.1 Å². The molecule has 6 heteroatoms. The Morgan fingerprint density at radius 2 is 2.11 bits per heavy atom. The maximum Gasteiger partial charge on any atom is 0.258 e. The molecule has 0 atom stereocenters. The smallest absolute Gasteiger partial charge is 0.258 e. The second-order valence-electron chi connectivity index (χ2n) is 4.44. The van der Waals surface area contributed by atoms with Crippen LogP contribution in [0.15, 0.2) is 30.6 Å². The average Bonchev–Trinajstić information content (AvgIpc) is 2.88. The predicted molar refractivity (Wildman–Crippen MR) is 66.7 cm³/mol. The van der Waals surface area contributed by atoms with Crippen LogP contribution >= 0.6 is 0 Å². The van der Waals surface area contributed by atoms with Gasteiger partial charge in [0.15, 0.2) is 11.5 Å². The highest BCUT2D eigenvalue weighted by molar-refractivity contribution is 5.97. The van der Waals surface area contributed by atoms with Crippen LogP contribution in [0.5, 0.6) is 11.5 Å². The molecule has 0 fully saturated rings. The lowest BCUT2D eigenvalue weighted by Gasteiger charge is -2.28. The number of hydrogen-bond donors (Lipinski definition) is 2. The minimum atomic E-state index is -0.374. The van der Waals surface area contributed by atoms with Gasteiger partial charge in [0.1, 0.15) is 5.82 Å². The zero-order chi connectivity index (χ0) is 13.4. The monoisotopic (exact) mass is 259 g/mol. The van der Waals surface area contributed by atoms with E-state index < -0.39 is 0 Å². The fourth-order valence-electron chi connectivity index (χ4n) is 2.22. The first kappa shape index (κ1) is 11.6. The molecule has 0 radical (unpaired) electrons. The number of carbonyl (C=O) groups is 1. The van der Waals surface area contributed by atoms with E-state index in [1.807, 2.05) is 10.8 Å². The lowest BCUT2D eigenvalue weighted by atomic mass is 10.1. The molecule has 0 spiro atoms. The lowest BCUT2D eigenvalue weighted by molar-refractivity contribution is 0.0703. The molecule has 3 rings (SSSR count). The largest absolute Gasteiger partial charge is 0.504 e. The fraction of sp³-hybridized carbons (Fsp3) is 0.231. The molecule has 1 aromatic carbocycles. The summed E-state index contributed by atoms with van der Waals surface area (Å²) in [5.41, 5.74) is 0.111. The van der Waals surface area contributed by atoms with Crippen molar-refractivity contribution in [1.29, 1.82) is 0 Å². The van der Waals surface area contributed by atoms with Crippen LogP contribution in [0, 0.1) is 0 Å².